The molecule has 0 bridgehead atoms. The summed E-state index contributed by atoms with van der Waals surface area (Å²) >= 11 is 0. The third-order valence-electron chi connectivity index (χ3n) is 4.73. The second-order valence-corrected chi connectivity index (χ2v) is 6.65. The first-order chi connectivity index (χ1) is 14.4. The molecule has 4 aromatic rings. The Labute approximate surface area is 174 Å². The Morgan fingerprint density at radius 1 is 1.03 bits per heavy atom. The van der Waals surface area contributed by atoms with E-state index in [1.807, 2.05) is 57.3 Å². The van der Waals surface area contributed by atoms with Gasteiger partial charge in [0, 0.05) is 18.8 Å². The minimum atomic E-state index is -0.401. The zero-order valence-corrected chi connectivity index (χ0v) is 18.0. The van der Waals surface area contributed by atoms with Crippen LogP contribution in [0.4, 0.5) is 0 Å². The van der Waals surface area contributed by atoms with Crippen molar-refractivity contribution in [1.82, 2.24) is 14.4 Å². The molecule has 0 aliphatic heterocycles. The lowest BCUT2D eigenvalue weighted by atomic mass is 10.0. The first-order valence-electron chi connectivity index (χ1n) is 9.75. The number of hydrogen-bond acceptors (Lipinski definition) is 5. The van der Waals surface area contributed by atoms with Gasteiger partial charge in [-0.25, -0.2) is 9.31 Å². The van der Waals surface area contributed by atoms with Gasteiger partial charge in [-0.1, -0.05) is 38.1 Å². The average molecular weight is 407 g/mol. The summed E-state index contributed by atoms with van der Waals surface area (Å²) in [6.45, 7) is 7.60. The number of esters is 1. The summed E-state index contributed by atoms with van der Waals surface area (Å²) in [6, 6.07) is 11.2. The molecule has 0 N–H and O–H groups in total. The third kappa shape index (κ3) is 3.66. The smallest absolute Gasteiger partial charge is 0.340 e. The molecule has 0 amide bonds. The highest BCUT2D eigenvalue weighted by Crippen LogP contribution is 2.28. The van der Waals surface area contributed by atoms with Crippen LogP contribution < -0.4 is 5.56 Å². The lowest BCUT2D eigenvalue weighted by molar-refractivity contribution is 0.0602. The molecule has 0 saturated carbocycles. The average Bonchev–Trinajstić information content (AvgIpc) is 3.28. The number of nitrogens with zero attached hydrogens (tertiary/aromatic N) is 3. The summed E-state index contributed by atoms with van der Waals surface area (Å²) in [4.78, 5) is 24.3. The number of aromatic nitrogens is 3. The molecule has 156 valence electrons. The fourth-order valence-corrected chi connectivity index (χ4v) is 3.41. The van der Waals surface area contributed by atoms with E-state index >= 15 is 0 Å². The molecule has 0 aliphatic carbocycles. The molecule has 30 heavy (non-hydrogen) atoms. The second kappa shape index (κ2) is 8.41. The quantitative estimate of drug-likeness (QED) is 0.471. The van der Waals surface area contributed by atoms with E-state index in [0.717, 1.165) is 22.4 Å². The van der Waals surface area contributed by atoms with Gasteiger partial charge < -0.3 is 9.26 Å². The van der Waals surface area contributed by atoms with Gasteiger partial charge in [0.05, 0.1) is 29.4 Å². The molecule has 7 nitrogen and oxygen atoms in total. The molecule has 0 radical (unpaired) electrons. The number of carbonyl (C=O) groups excluding carboxylic acids is 1. The molecular formula is C23H25N3O4. The Balaban J connectivity index is 0.00000124. The minimum absolute atomic E-state index is 0.165. The van der Waals surface area contributed by atoms with Crippen LogP contribution in [0.3, 0.4) is 0 Å². The number of carbonyl (C=O) groups is 1. The van der Waals surface area contributed by atoms with Gasteiger partial charge in [0.1, 0.15) is 5.76 Å². The van der Waals surface area contributed by atoms with Crippen molar-refractivity contribution in [2.45, 2.75) is 27.7 Å². The number of benzene rings is 1. The van der Waals surface area contributed by atoms with Gasteiger partial charge in [0.25, 0.3) is 5.56 Å². The normalized spacial score (nSPS) is 10.6. The van der Waals surface area contributed by atoms with Gasteiger partial charge in [-0.3, -0.25) is 4.79 Å². The van der Waals surface area contributed by atoms with Gasteiger partial charge in [-0.05, 0) is 37.1 Å². The SMILES string of the molecule is CC.COC(=O)c1cc(C)nn2cc(-c3ccc(-c4c(C)on(C)c4=O)cc3)cc12. The van der Waals surface area contributed by atoms with Crippen LogP contribution in [0, 0.1) is 13.8 Å². The highest BCUT2D eigenvalue weighted by atomic mass is 16.5. The van der Waals surface area contributed by atoms with E-state index in [1.165, 1.54) is 11.8 Å². The Kier molecular flexibility index (Phi) is 5.91. The highest BCUT2D eigenvalue weighted by molar-refractivity contribution is 5.98. The fraction of sp³-hybridized carbons (Fsp3) is 0.261. The first-order valence-corrected chi connectivity index (χ1v) is 9.75. The van der Waals surface area contributed by atoms with Crippen LogP contribution in [0.15, 0.2) is 51.9 Å². The molecule has 4 rings (SSSR count). The molecule has 0 fully saturated rings. The predicted octanol–water partition coefficient (Wildman–Crippen LogP) is 4.39. The molecule has 0 atom stereocenters. The van der Waals surface area contributed by atoms with Crippen molar-refractivity contribution in [1.29, 1.82) is 0 Å². The van der Waals surface area contributed by atoms with E-state index in [-0.39, 0.29) is 5.56 Å². The second-order valence-electron chi connectivity index (χ2n) is 6.65. The summed E-state index contributed by atoms with van der Waals surface area (Å²) < 4.78 is 13.1. The maximum Gasteiger partial charge on any atom is 0.340 e. The van der Waals surface area contributed by atoms with Crippen LogP contribution in [-0.4, -0.2) is 27.4 Å². The van der Waals surface area contributed by atoms with Gasteiger partial charge in [-0.2, -0.15) is 9.84 Å². The largest absolute Gasteiger partial charge is 0.465 e. The van der Waals surface area contributed by atoms with Crippen LogP contribution in [-0.2, 0) is 11.8 Å². The van der Waals surface area contributed by atoms with Crippen LogP contribution >= 0.6 is 0 Å². The molecule has 3 heterocycles. The fourth-order valence-electron chi connectivity index (χ4n) is 3.41. The van der Waals surface area contributed by atoms with Crippen molar-refractivity contribution in [2.75, 3.05) is 7.11 Å². The van der Waals surface area contributed by atoms with Gasteiger partial charge in [-0.15, -0.1) is 0 Å². The summed E-state index contributed by atoms with van der Waals surface area (Å²) in [5.74, 6) is 0.180. The summed E-state index contributed by atoms with van der Waals surface area (Å²) in [5.41, 5.74) is 4.91. The van der Waals surface area contributed by atoms with Gasteiger partial charge in [0.2, 0.25) is 0 Å². The van der Waals surface area contributed by atoms with Gasteiger partial charge >= 0.3 is 5.97 Å². The molecule has 1 aromatic carbocycles. The lowest BCUT2D eigenvalue weighted by Crippen LogP contribution is -2.11. The van der Waals surface area contributed by atoms with Crippen molar-refractivity contribution < 1.29 is 14.1 Å². The van der Waals surface area contributed by atoms with Gasteiger partial charge in [0.15, 0.2) is 0 Å². The van der Waals surface area contributed by atoms with Crippen LogP contribution in [0.2, 0.25) is 0 Å². The minimum Gasteiger partial charge on any atom is -0.465 e. The lowest BCUT2D eigenvalue weighted by Gasteiger charge is -2.03. The number of fused-ring (bicyclic) bond motifs is 1. The number of methoxy groups -OCH3 is 1. The molecular weight excluding hydrogens is 382 g/mol. The van der Waals surface area contributed by atoms with Crippen molar-refractivity contribution in [3.63, 3.8) is 0 Å². The Bertz CT molecular complexity index is 1260. The topological polar surface area (TPSA) is 78.7 Å². The number of hydrogen-bond donors (Lipinski definition) is 0. The van der Waals surface area contributed by atoms with Crippen molar-refractivity contribution in [3.8, 4) is 22.3 Å². The summed E-state index contributed by atoms with van der Waals surface area (Å²) in [7, 11) is 2.95. The van der Waals surface area contributed by atoms with Crippen molar-refractivity contribution in [3.05, 3.63) is 70.0 Å². The maximum atomic E-state index is 12.2. The zero-order chi connectivity index (χ0) is 22.0. The molecule has 0 spiro atoms. The number of ether oxygens (including phenoxy) is 1. The molecule has 3 aromatic heterocycles. The van der Waals surface area contributed by atoms with E-state index < -0.39 is 5.97 Å². The summed E-state index contributed by atoms with van der Waals surface area (Å²) in [5, 5.41) is 4.44. The molecule has 0 unspecified atom stereocenters. The molecule has 0 saturated heterocycles. The highest BCUT2D eigenvalue weighted by Gasteiger charge is 2.16. The monoisotopic (exact) mass is 407 g/mol. The Morgan fingerprint density at radius 3 is 2.23 bits per heavy atom. The zero-order valence-electron chi connectivity index (χ0n) is 18.0. The maximum absolute atomic E-state index is 12.2. The summed E-state index contributed by atoms with van der Waals surface area (Å²) in [6.07, 6.45) is 1.87. The molecule has 7 heteroatoms. The van der Waals surface area contributed by atoms with E-state index in [9.17, 15) is 9.59 Å². The Morgan fingerprint density at radius 2 is 1.67 bits per heavy atom. The number of rotatable bonds is 3. The van der Waals surface area contributed by atoms with Crippen LogP contribution in [0.1, 0.15) is 35.7 Å². The predicted molar refractivity (Wildman–Crippen MR) is 116 cm³/mol. The number of aryl methyl sites for hydroxylation is 3. The van der Waals surface area contributed by atoms with E-state index in [1.54, 1.807) is 24.6 Å². The van der Waals surface area contributed by atoms with E-state index in [4.69, 9.17) is 9.26 Å². The Hall–Kier alpha value is -3.61. The van der Waals surface area contributed by atoms with E-state index in [0.29, 0.717) is 22.4 Å². The van der Waals surface area contributed by atoms with Crippen molar-refractivity contribution >= 4 is 11.5 Å². The first kappa shape index (κ1) is 21.1. The van der Waals surface area contributed by atoms with Crippen molar-refractivity contribution in [2.24, 2.45) is 7.05 Å². The molecule has 0 aliphatic rings. The van der Waals surface area contributed by atoms with Crippen LogP contribution in [0.25, 0.3) is 27.8 Å². The third-order valence-corrected chi connectivity index (χ3v) is 4.73. The standard InChI is InChI=1S/C21H19N3O4.C2H6/c1-12-9-17(21(26)27-4)18-10-16(11-24(18)22-12)14-5-7-15(8-6-14)19-13(2)28-23(3)20(19)25;1-2/h5-11H,1-4H3;1-2H3. The van der Waals surface area contributed by atoms with E-state index in [2.05, 4.69) is 5.10 Å². The van der Waals surface area contributed by atoms with Crippen LogP contribution in [0.5, 0.6) is 0 Å².